The number of carbonyl (C=O) groups is 1. The number of aryl methyl sites for hydroxylation is 1. The van der Waals surface area contributed by atoms with Crippen LogP contribution < -0.4 is 10.1 Å². The second-order valence-electron chi connectivity index (χ2n) is 6.73. The van der Waals surface area contributed by atoms with Gasteiger partial charge in [0, 0.05) is 33.7 Å². The van der Waals surface area contributed by atoms with E-state index in [9.17, 15) is 13.2 Å². The highest BCUT2D eigenvalue weighted by Gasteiger charge is 2.33. The molecule has 1 aromatic rings. The third kappa shape index (κ3) is 5.43. The number of hydrogen-bond acceptors (Lipinski definition) is 4. The van der Waals surface area contributed by atoms with Crippen molar-refractivity contribution in [2.45, 2.75) is 25.7 Å². The first-order chi connectivity index (χ1) is 12.3. The van der Waals surface area contributed by atoms with Gasteiger partial charge in [0.15, 0.2) is 0 Å². The van der Waals surface area contributed by atoms with Crippen LogP contribution in [0.3, 0.4) is 0 Å². The molecule has 1 fully saturated rings. The van der Waals surface area contributed by atoms with Crippen LogP contribution in [0.1, 0.15) is 24.8 Å². The average molecular weight is 384 g/mol. The van der Waals surface area contributed by atoms with Crippen molar-refractivity contribution in [2.24, 2.45) is 5.92 Å². The Bertz CT molecular complexity index is 689. The minimum atomic E-state index is -3.46. The quantitative estimate of drug-likeness (QED) is 0.686. The lowest BCUT2D eigenvalue weighted by atomic mass is 9.99. The summed E-state index contributed by atoms with van der Waals surface area (Å²) in [6.07, 6.45) is 3.14. The number of rotatable bonds is 8. The third-order valence-electron chi connectivity index (χ3n) is 4.64. The van der Waals surface area contributed by atoms with E-state index in [1.54, 1.807) is 7.11 Å². The largest absolute Gasteiger partial charge is 0.497 e. The van der Waals surface area contributed by atoms with Crippen molar-refractivity contribution in [3.8, 4) is 5.75 Å². The van der Waals surface area contributed by atoms with Crippen LogP contribution in [0.5, 0.6) is 5.75 Å². The van der Waals surface area contributed by atoms with Gasteiger partial charge in [-0.25, -0.2) is 0 Å². The fourth-order valence-electron chi connectivity index (χ4n) is 3.04. The molecule has 1 heterocycles. The number of nitrogens with zero attached hydrogens (tertiary/aromatic N) is 2. The van der Waals surface area contributed by atoms with E-state index < -0.39 is 10.2 Å². The number of methoxy groups -OCH3 is 1. The molecule has 1 aliphatic heterocycles. The van der Waals surface area contributed by atoms with Gasteiger partial charge >= 0.3 is 0 Å². The van der Waals surface area contributed by atoms with Crippen molar-refractivity contribution in [3.63, 3.8) is 0 Å². The van der Waals surface area contributed by atoms with E-state index in [-0.39, 0.29) is 18.4 Å². The van der Waals surface area contributed by atoms with Crippen LogP contribution in [-0.4, -0.2) is 63.8 Å². The van der Waals surface area contributed by atoms with E-state index >= 15 is 0 Å². The van der Waals surface area contributed by atoms with Crippen molar-refractivity contribution in [1.82, 2.24) is 13.9 Å². The maximum atomic E-state index is 12.4. The molecule has 1 atom stereocenters. The molecular formula is C18H29N3O4S. The number of ether oxygens (including phenoxy) is 1. The molecule has 1 saturated heterocycles. The van der Waals surface area contributed by atoms with Gasteiger partial charge in [0.2, 0.25) is 5.91 Å². The average Bonchev–Trinajstić information content (AvgIpc) is 2.65. The van der Waals surface area contributed by atoms with Crippen molar-refractivity contribution >= 4 is 16.1 Å². The Labute approximate surface area is 156 Å². The van der Waals surface area contributed by atoms with Crippen LogP contribution in [0.15, 0.2) is 24.3 Å². The Balaban J connectivity index is 1.76. The van der Waals surface area contributed by atoms with Crippen LogP contribution in [0.4, 0.5) is 0 Å². The summed E-state index contributed by atoms with van der Waals surface area (Å²) in [5, 5.41) is 2.95. The molecular weight excluding hydrogens is 354 g/mol. The second kappa shape index (κ2) is 9.34. The lowest BCUT2D eigenvalue weighted by molar-refractivity contribution is -0.126. The van der Waals surface area contributed by atoms with E-state index in [0.29, 0.717) is 19.5 Å². The zero-order valence-electron chi connectivity index (χ0n) is 15.8. The van der Waals surface area contributed by atoms with Gasteiger partial charge in [0.1, 0.15) is 5.75 Å². The van der Waals surface area contributed by atoms with Crippen LogP contribution in [0, 0.1) is 5.92 Å². The number of carbonyl (C=O) groups excluding carboxylic acids is 1. The summed E-state index contributed by atoms with van der Waals surface area (Å²) in [6.45, 7) is 1.31. The van der Waals surface area contributed by atoms with Gasteiger partial charge in [-0.15, -0.1) is 0 Å². The van der Waals surface area contributed by atoms with Crippen LogP contribution in [-0.2, 0) is 21.4 Å². The monoisotopic (exact) mass is 383 g/mol. The van der Waals surface area contributed by atoms with E-state index in [1.807, 2.05) is 24.3 Å². The molecule has 0 unspecified atom stereocenters. The number of piperidine rings is 1. The summed E-state index contributed by atoms with van der Waals surface area (Å²) in [4.78, 5) is 12.4. The summed E-state index contributed by atoms with van der Waals surface area (Å²) in [5.41, 5.74) is 1.20. The van der Waals surface area contributed by atoms with Crippen molar-refractivity contribution in [3.05, 3.63) is 29.8 Å². The Morgan fingerprint density at radius 1 is 1.31 bits per heavy atom. The maximum Gasteiger partial charge on any atom is 0.281 e. The van der Waals surface area contributed by atoms with Gasteiger partial charge in [0.25, 0.3) is 10.2 Å². The number of nitrogens with one attached hydrogen (secondary N) is 1. The molecule has 8 heteroatoms. The van der Waals surface area contributed by atoms with Gasteiger partial charge in [-0.1, -0.05) is 12.1 Å². The SMILES string of the molecule is COc1ccc(CCCNC(=O)[C@@H]2CCCN(S(=O)(=O)N(C)C)C2)cc1. The fourth-order valence-corrected chi connectivity index (χ4v) is 4.23. The standard InChI is InChI=1S/C18H29N3O4S/c1-20(2)26(23,24)21-13-5-7-16(14-21)18(22)19-12-4-6-15-8-10-17(25-3)11-9-15/h8-11,16H,4-7,12-14H2,1-3H3,(H,19,22)/t16-/m1/s1. The van der Waals surface area contributed by atoms with Gasteiger partial charge in [-0.3, -0.25) is 4.79 Å². The molecule has 26 heavy (non-hydrogen) atoms. The molecule has 1 N–H and O–H groups in total. The molecule has 7 nitrogen and oxygen atoms in total. The Kier molecular flexibility index (Phi) is 7.43. The number of hydrogen-bond donors (Lipinski definition) is 1. The molecule has 1 amide bonds. The summed E-state index contributed by atoms with van der Waals surface area (Å²) in [5.74, 6) is 0.495. The molecule has 0 radical (unpaired) electrons. The molecule has 0 aromatic heterocycles. The van der Waals surface area contributed by atoms with E-state index in [0.717, 1.165) is 25.0 Å². The first-order valence-corrected chi connectivity index (χ1v) is 10.3. The lowest BCUT2D eigenvalue weighted by Gasteiger charge is -2.32. The highest BCUT2D eigenvalue weighted by molar-refractivity contribution is 7.86. The molecule has 0 aliphatic carbocycles. The number of benzene rings is 1. The first kappa shape index (κ1) is 20.7. The minimum absolute atomic E-state index is 0.0570. The molecule has 1 aromatic carbocycles. The van der Waals surface area contributed by atoms with Crippen molar-refractivity contribution in [2.75, 3.05) is 40.8 Å². The van der Waals surface area contributed by atoms with Crippen LogP contribution in [0.25, 0.3) is 0 Å². The van der Waals surface area contributed by atoms with Crippen molar-refractivity contribution in [1.29, 1.82) is 0 Å². The molecule has 0 saturated carbocycles. The molecule has 1 aliphatic rings. The van der Waals surface area contributed by atoms with Gasteiger partial charge < -0.3 is 10.1 Å². The predicted octanol–water partition coefficient (Wildman–Crippen LogP) is 1.26. The van der Waals surface area contributed by atoms with Crippen LogP contribution >= 0.6 is 0 Å². The van der Waals surface area contributed by atoms with E-state index in [1.165, 1.54) is 28.3 Å². The maximum absolute atomic E-state index is 12.4. The van der Waals surface area contributed by atoms with Crippen molar-refractivity contribution < 1.29 is 17.9 Å². The van der Waals surface area contributed by atoms with E-state index in [2.05, 4.69) is 5.32 Å². The second-order valence-corrected chi connectivity index (χ2v) is 8.87. The summed E-state index contributed by atoms with van der Waals surface area (Å²) >= 11 is 0. The molecule has 0 spiro atoms. The zero-order chi connectivity index (χ0) is 19.2. The van der Waals surface area contributed by atoms with E-state index in [4.69, 9.17) is 4.74 Å². The molecule has 0 bridgehead atoms. The van der Waals surface area contributed by atoms with Gasteiger partial charge in [0.05, 0.1) is 13.0 Å². The summed E-state index contributed by atoms with van der Waals surface area (Å²) in [7, 11) is 1.21. The smallest absolute Gasteiger partial charge is 0.281 e. The predicted molar refractivity (Wildman–Crippen MR) is 101 cm³/mol. The minimum Gasteiger partial charge on any atom is -0.497 e. The first-order valence-electron chi connectivity index (χ1n) is 8.93. The molecule has 2 rings (SSSR count). The van der Waals surface area contributed by atoms with Crippen LogP contribution in [0.2, 0.25) is 0 Å². The number of amides is 1. The summed E-state index contributed by atoms with van der Waals surface area (Å²) in [6, 6.07) is 7.89. The normalized spacial score (nSPS) is 18.7. The third-order valence-corrected chi connectivity index (χ3v) is 6.55. The fraction of sp³-hybridized carbons (Fsp3) is 0.611. The Morgan fingerprint density at radius 2 is 2.00 bits per heavy atom. The highest BCUT2D eigenvalue weighted by atomic mass is 32.2. The lowest BCUT2D eigenvalue weighted by Crippen LogP contribution is -2.48. The Hall–Kier alpha value is -1.64. The molecule has 146 valence electrons. The topological polar surface area (TPSA) is 79.0 Å². The van der Waals surface area contributed by atoms with Gasteiger partial charge in [-0.05, 0) is 43.4 Å². The highest BCUT2D eigenvalue weighted by Crippen LogP contribution is 2.20. The van der Waals surface area contributed by atoms with Gasteiger partial charge in [-0.2, -0.15) is 17.0 Å². The summed E-state index contributed by atoms with van der Waals surface area (Å²) < 4.78 is 32.2. The Morgan fingerprint density at radius 3 is 2.62 bits per heavy atom. The zero-order valence-corrected chi connectivity index (χ0v) is 16.6.